The third-order valence-corrected chi connectivity index (χ3v) is 6.70. The largest absolute Gasteiger partial charge is 0.456 e. The van der Waals surface area contributed by atoms with Gasteiger partial charge in [-0.05, 0) is 70.1 Å². The van der Waals surface area contributed by atoms with Crippen molar-refractivity contribution in [2.75, 3.05) is 0 Å². The van der Waals surface area contributed by atoms with Gasteiger partial charge in [0.2, 0.25) is 0 Å². The molecule has 0 aliphatic carbocycles. The van der Waals surface area contributed by atoms with Gasteiger partial charge in [-0.1, -0.05) is 71.0 Å². The summed E-state index contributed by atoms with van der Waals surface area (Å²) in [4.78, 5) is 4.62. The lowest BCUT2D eigenvalue weighted by molar-refractivity contribution is -0.211. The van der Waals surface area contributed by atoms with Crippen molar-refractivity contribution in [2.45, 2.75) is 52.6 Å². The fraction of sp³-hybridized carbons (Fsp3) is 0.281. The Balaban J connectivity index is 1.56. The molecule has 0 saturated heterocycles. The minimum absolute atomic E-state index is 0.0741. The molecule has 0 spiro atoms. The molecule has 0 aliphatic heterocycles. The van der Waals surface area contributed by atoms with E-state index in [0.717, 1.165) is 36.1 Å². The summed E-state index contributed by atoms with van der Waals surface area (Å²) in [6, 6.07) is 22.5. The van der Waals surface area contributed by atoms with Crippen molar-refractivity contribution < 1.29 is 20.3 Å². The maximum Gasteiger partial charge on any atom is 0.394 e. The van der Waals surface area contributed by atoms with E-state index in [-0.39, 0.29) is 11.0 Å². The van der Waals surface area contributed by atoms with Crippen LogP contribution in [0.5, 0.6) is 0 Å². The fourth-order valence-electron chi connectivity index (χ4n) is 4.50. The number of aromatic nitrogens is 1. The Morgan fingerprint density at radius 3 is 2.30 bits per heavy atom. The van der Waals surface area contributed by atoms with Crippen LogP contribution in [0, 0.1) is 5.41 Å². The standard InChI is InChI=1S/C32H30F3NO/c1-30(2,3)26-16-24(15-21-8-6-7-9-25(21)26)27-17-23(12-13-36-27)29-18-22-11-10-20(14-28(22)37-29)19-31(4,5)32(33,34)35/h6-18H,19H2,1-5H3/i19D2. The molecule has 190 valence electrons. The van der Waals surface area contributed by atoms with E-state index in [4.69, 9.17) is 7.16 Å². The molecule has 3 aromatic carbocycles. The van der Waals surface area contributed by atoms with Gasteiger partial charge in [-0.2, -0.15) is 13.2 Å². The maximum atomic E-state index is 13.6. The van der Waals surface area contributed by atoms with Crippen LogP contribution in [0.4, 0.5) is 13.2 Å². The SMILES string of the molecule is [2H]C([2H])(c1ccc2cc(-c3ccnc(-c4cc(C(C)(C)C)c5ccccc5c4)c3)oc2c1)C(C)(C)C(F)(F)F. The van der Waals surface area contributed by atoms with Gasteiger partial charge in [-0.15, -0.1) is 0 Å². The first kappa shape index (κ1) is 22.6. The summed E-state index contributed by atoms with van der Waals surface area (Å²) in [5.74, 6) is 0.526. The molecular weight excluding hydrogens is 471 g/mol. The van der Waals surface area contributed by atoms with Gasteiger partial charge < -0.3 is 4.42 Å². The quantitative estimate of drug-likeness (QED) is 0.244. The third kappa shape index (κ3) is 4.87. The number of pyridine rings is 1. The van der Waals surface area contributed by atoms with Crippen LogP contribution in [0.15, 0.2) is 83.4 Å². The lowest BCUT2D eigenvalue weighted by Crippen LogP contribution is -2.34. The van der Waals surface area contributed by atoms with Crippen molar-refractivity contribution in [3.63, 3.8) is 0 Å². The second-order valence-corrected chi connectivity index (χ2v) is 11.0. The van der Waals surface area contributed by atoms with Crippen molar-refractivity contribution in [3.8, 4) is 22.6 Å². The Hall–Kier alpha value is -3.60. The van der Waals surface area contributed by atoms with Gasteiger partial charge in [0.25, 0.3) is 0 Å². The van der Waals surface area contributed by atoms with Gasteiger partial charge in [0.05, 0.1) is 11.1 Å². The van der Waals surface area contributed by atoms with Crippen molar-refractivity contribution in [1.82, 2.24) is 4.98 Å². The van der Waals surface area contributed by atoms with E-state index in [9.17, 15) is 13.2 Å². The van der Waals surface area contributed by atoms with E-state index in [2.05, 4.69) is 50.0 Å². The summed E-state index contributed by atoms with van der Waals surface area (Å²) in [7, 11) is 0. The van der Waals surface area contributed by atoms with E-state index >= 15 is 0 Å². The zero-order valence-corrected chi connectivity index (χ0v) is 21.5. The predicted molar refractivity (Wildman–Crippen MR) is 145 cm³/mol. The Morgan fingerprint density at radius 1 is 0.811 bits per heavy atom. The predicted octanol–water partition coefficient (Wildman–Crippen LogP) is 9.74. The average molecular weight is 504 g/mol. The molecule has 2 aromatic heterocycles. The highest BCUT2D eigenvalue weighted by Gasteiger charge is 2.47. The van der Waals surface area contributed by atoms with Gasteiger partial charge in [0.1, 0.15) is 11.3 Å². The summed E-state index contributed by atoms with van der Waals surface area (Å²) in [5.41, 5.74) is 1.30. The molecule has 0 fully saturated rings. The van der Waals surface area contributed by atoms with Crippen LogP contribution in [-0.2, 0) is 11.8 Å². The van der Waals surface area contributed by atoms with Crippen molar-refractivity contribution in [1.29, 1.82) is 0 Å². The lowest BCUT2D eigenvalue weighted by atomic mass is 9.82. The first-order valence-corrected chi connectivity index (χ1v) is 12.2. The fourth-order valence-corrected chi connectivity index (χ4v) is 4.50. The van der Waals surface area contributed by atoms with Crippen LogP contribution < -0.4 is 0 Å². The van der Waals surface area contributed by atoms with Crippen molar-refractivity contribution in [2.24, 2.45) is 5.41 Å². The van der Waals surface area contributed by atoms with Crippen LogP contribution >= 0.6 is 0 Å². The van der Waals surface area contributed by atoms with Crippen LogP contribution in [0.25, 0.3) is 44.3 Å². The normalized spacial score (nSPS) is 14.2. The first-order chi connectivity index (χ1) is 18.1. The number of hydrogen-bond donors (Lipinski definition) is 0. The lowest BCUT2D eigenvalue weighted by Gasteiger charge is -2.27. The molecule has 0 radical (unpaired) electrons. The summed E-state index contributed by atoms with van der Waals surface area (Å²) in [5, 5.41) is 3.00. The third-order valence-electron chi connectivity index (χ3n) is 6.70. The van der Waals surface area contributed by atoms with E-state index in [0.29, 0.717) is 16.7 Å². The number of alkyl halides is 3. The molecule has 5 aromatic rings. The minimum atomic E-state index is -4.72. The second-order valence-electron chi connectivity index (χ2n) is 11.0. The first-order valence-electron chi connectivity index (χ1n) is 13.2. The zero-order valence-electron chi connectivity index (χ0n) is 23.5. The highest BCUT2D eigenvalue weighted by molar-refractivity contribution is 5.91. The molecule has 0 atom stereocenters. The van der Waals surface area contributed by atoms with E-state index in [1.54, 1.807) is 12.3 Å². The van der Waals surface area contributed by atoms with Crippen molar-refractivity contribution >= 4 is 21.7 Å². The molecule has 5 rings (SSSR count). The molecule has 0 N–H and O–H groups in total. The molecule has 2 heterocycles. The van der Waals surface area contributed by atoms with Gasteiger partial charge >= 0.3 is 6.18 Å². The van der Waals surface area contributed by atoms with Gasteiger partial charge in [-0.25, -0.2) is 0 Å². The molecule has 2 nitrogen and oxygen atoms in total. The molecule has 5 heteroatoms. The molecule has 0 unspecified atom stereocenters. The van der Waals surface area contributed by atoms with Crippen LogP contribution in [0.3, 0.4) is 0 Å². The zero-order chi connectivity index (χ0) is 28.4. The van der Waals surface area contributed by atoms with Gasteiger partial charge in [0.15, 0.2) is 0 Å². The Kier molecular flexibility index (Phi) is 5.35. The molecule has 0 bridgehead atoms. The van der Waals surface area contributed by atoms with Crippen molar-refractivity contribution in [3.05, 3.63) is 90.1 Å². The monoisotopic (exact) mass is 503 g/mol. The van der Waals surface area contributed by atoms with E-state index < -0.39 is 18.0 Å². The molecule has 37 heavy (non-hydrogen) atoms. The highest BCUT2D eigenvalue weighted by Crippen LogP contribution is 2.41. The topological polar surface area (TPSA) is 26.0 Å². The van der Waals surface area contributed by atoms with E-state index in [1.165, 1.54) is 23.1 Å². The number of fused-ring (bicyclic) bond motifs is 2. The average Bonchev–Trinajstić information content (AvgIpc) is 3.30. The Morgan fingerprint density at radius 2 is 1.57 bits per heavy atom. The summed E-state index contributed by atoms with van der Waals surface area (Å²) >= 11 is 0. The maximum absolute atomic E-state index is 13.6. The number of halogens is 3. The smallest absolute Gasteiger partial charge is 0.394 e. The van der Waals surface area contributed by atoms with Gasteiger partial charge in [-0.3, -0.25) is 4.98 Å². The number of furan rings is 1. The number of hydrogen-bond acceptors (Lipinski definition) is 2. The van der Waals surface area contributed by atoms with Crippen LogP contribution in [-0.4, -0.2) is 11.2 Å². The minimum Gasteiger partial charge on any atom is -0.456 e. The van der Waals surface area contributed by atoms with Crippen LogP contribution in [0.1, 0.15) is 48.5 Å². The highest BCUT2D eigenvalue weighted by atomic mass is 19.4. The molecular formula is C32H30F3NO. The Bertz CT molecular complexity index is 1690. The number of benzene rings is 3. The summed E-state index contributed by atoms with van der Waals surface area (Å²) < 4.78 is 63.6. The number of nitrogens with zero attached hydrogens (tertiary/aromatic N) is 1. The summed E-state index contributed by atoms with van der Waals surface area (Å²) in [6.07, 6.45) is -5.67. The second kappa shape index (κ2) is 8.76. The number of rotatable bonds is 4. The van der Waals surface area contributed by atoms with Crippen LogP contribution in [0.2, 0.25) is 0 Å². The van der Waals surface area contributed by atoms with E-state index in [1.807, 2.05) is 30.3 Å². The molecule has 0 aliphatic rings. The summed E-state index contributed by atoms with van der Waals surface area (Å²) in [6.45, 7) is 8.30. The molecule has 0 amide bonds. The van der Waals surface area contributed by atoms with Gasteiger partial charge in [0, 0.05) is 25.5 Å². The Labute approximate surface area is 218 Å². The molecule has 0 saturated carbocycles.